The zero-order valence-corrected chi connectivity index (χ0v) is 18.0. The van der Waals surface area contributed by atoms with Crippen LogP contribution in [-0.2, 0) is 0 Å². The fourth-order valence-electron chi connectivity index (χ4n) is 4.30. The van der Waals surface area contributed by atoms with Gasteiger partial charge in [-0.05, 0) is 35.7 Å². The molecule has 0 saturated carbocycles. The van der Waals surface area contributed by atoms with Gasteiger partial charge < -0.3 is 14.8 Å². The Kier molecular flexibility index (Phi) is 4.26. The molecule has 0 bridgehead atoms. The fourth-order valence-corrected chi connectivity index (χ4v) is 5.30. The SMILES string of the molecule is COc1ccccc1[C@H]1Oc2ccc(Cl)cc2C2=C1[C@@H](c1cccs1)n1ncnc1N2. The Morgan fingerprint density at radius 1 is 1.16 bits per heavy atom. The molecule has 6 rings (SSSR count). The van der Waals surface area contributed by atoms with Gasteiger partial charge in [-0.1, -0.05) is 35.9 Å². The Labute approximate surface area is 187 Å². The first-order chi connectivity index (χ1) is 15.2. The number of hydrogen-bond acceptors (Lipinski definition) is 6. The van der Waals surface area contributed by atoms with Crippen LogP contribution in [0.15, 0.2) is 71.9 Å². The van der Waals surface area contributed by atoms with Gasteiger partial charge in [0.25, 0.3) is 0 Å². The summed E-state index contributed by atoms with van der Waals surface area (Å²) in [7, 11) is 1.68. The van der Waals surface area contributed by atoms with Gasteiger partial charge in [0.05, 0.1) is 12.8 Å². The van der Waals surface area contributed by atoms with Gasteiger partial charge in [-0.25, -0.2) is 4.68 Å². The summed E-state index contributed by atoms with van der Waals surface area (Å²) in [6, 6.07) is 17.6. The molecule has 0 radical (unpaired) electrons. The highest BCUT2D eigenvalue weighted by molar-refractivity contribution is 7.10. The van der Waals surface area contributed by atoms with Crippen molar-refractivity contribution in [2.45, 2.75) is 12.1 Å². The summed E-state index contributed by atoms with van der Waals surface area (Å²) in [5.74, 6) is 2.21. The number of rotatable bonds is 3. The third kappa shape index (κ3) is 2.85. The van der Waals surface area contributed by atoms with Crippen molar-refractivity contribution in [2.24, 2.45) is 0 Å². The predicted octanol–water partition coefficient (Wildman–Crippen LogP) is 5.56. The van der Waals surface area contributed by atoms with Gasteiger partial charge in [0.2, 0.25) is 5.95 Å². The van der Waals surface area contributed by atoms with E-state index in [-0.39, 0.29) is 12.1 Å². The number of nitrogens with zero attached hydrogens (tertiary/aromatic N) is 3. The van der Waals surface area contributed by atoms with E-state index in [1.807, 2.05) is 53.2 Å². The van der Waals surface area contributed by atoms with Crippen LogP contribution in [0.3, 0.4) is 0 Å². The minimum absolute atomic E-state index is 0.171. The third-order valence-electron chi connectivity index (χ3n) is 5.61. The van der Waals surface area contributed by atoms with Crippen molar-refractivity contribution >= 4 is 34.6 Å². The molecule has 4 heterocycles. The van der Waals surface area contributed by atoms with Crippen LogP contribution in [-0.4, -0.2) is 21.9 Å². The van der Waals surface area contributed by atoms with Crippen LogP contribution in [0.4, 0.5) is 5.95 Å². The lowest BCUT2D eigenvalue weighted by atomic mass is 9.86. The third-order valence-corrected chi connectivity index (χ3v) is 6.77. The minimum Gasteiger partial charge on any atom is -0.496 e. The van der Waals surface area contributed by atoms with E-state index in [4.69, 9.17) is 21.1 Å². The summed E-state index contributed by atoms with van der Waals surface area (Å²) in [6.45, 7) is 0. The van der Waals surface area contributed by atoms with E-state index in [1.54, 1.807) is 24.8 Å². The van der Waals surface area contributed by atoms with Crippen molar-refractivity contribution in [1.82, 2.24) is 14.8 Å². The lowest BCUT2D eigenvalue weighted by Gasteiger charge is -2.38. The van der Waals surface area contributed by atoms with E-state index in [1.165, 1.54) is 0 Å². The smallest absolute Gasteiger partial charge is 0.226 e. The Balaban J connectivity index is 1.65. The summed E-state index contributed by atoms with van der Waals surface area (Å²) in [4.78, 5) is 5.60. The predicted molar refractivity (Wildman–Crippen MR) is 121 cm³/mol. The monoisotopic (exact) mass is 448 g/mol. The standard InChI is InChI=1S/C23H17ClN4O2S/c1-29-16-6-3-2-5-14(16)22-19-20(15-11-13(24)8-9-17(15)30-22)27-23-25-12-26-28(23)21(19)18-7-4-10-31-18/h2-12,21-22H,1H3,(H,25,26,27)/t21-,22-/m1/s1. The van der Waals surface area contributed by atoms with Gasteiger partial charge in [-0.15, -0.1) is 11.3 Å². The van der Waals surface area contributed by atoms with E-state index in [9.17, 15) is 0 Å². The number of ether oxygens (including phenoxy) is 2. The molecule has 6 nitrogen and oxygen atoms in total. The molecule has 2 aliphatic heterocycles. The number of anilines is 1. The van der Waals surface area contributed by atoms with Crippen molar-refractivity contribution in [2.75, 3.05) is 12.4 Å². The zero-order chi connectivity index (χ0) is 20.9. The van der Waals surface area contributed by atoms with E-state index in [2.05, 4.69) is 26.8 Å². The molecule has 0 saturated heterocycles. The molecule has 0 fully saturated rings. The number of fused-ring (bicyclic) bond motifs is 3. The lowest BCUT2D eigenvalue weighted by molar-refractivity contribution is 0.218. The van der Waals surface area contributed by atoms with Crippen LogP contribution in [0.2, 0.25) is 5.02 Å². The number of nitrogens with one attached hydrogen (secondary N) is 1. The number of halogens is 1. The number of hydrogen-bond donors (Lipinski definition) is 1. The largest absolute Gasteiger partial charge is 0.496 e. The minimum atomic E-state index is -0.378. The molecular formula is C23H17ClN4O2S. The first kappa shape index (κ1) is 18.5. The quantitative estimate of drug-likeness (QED) is 0.444. The van der Waals surface area contributed by atoms with Crippen molar-refractivity contribution in [1.29, 1.82) is 0 Å². The maximum atomic E-state index is 6.61. The molecule has 2 aliphatic rings. The molecular weight excluding hydrogens is 432 g/mol. The van der Waals surface area contributed by atoms with Crippen molar-refractivity contribution < 1.29 is 9.47 Å². The van der Waals surface area contributed by atoms with E-state index >= 15 is 0 Å². The highest BCUT2D eigenvalue weighted by Gasteiger charge is 2.42. The average Bonchev–Trinajstić information content (AvgIpc) is 3.49. The fraction of sp³-hybridized carbons (Fsp3) is 0.130. The number of thiophene rings is 1. The molecule has 8 heteroatoms. The van der Waals surface area contributed by atoms with E-state index in [0.717, 1.165) is 38.8 Å². The Morgan fingerprint density at radius 3 is 2.90 bits per heavy atom. The second-order valence-electron chi connectivity index (χ2n) is 7.28. The van der Waals surface area contributed by atoms with Gasteiger partial charge in [0.1, 0.15) is 23.9 Å². The molecule has 0 unspecified atom stereocenters. The summed E-state index contributed by atoms with van der Waals surface area (Å²) in [5, 5.41) is 10.7. The van der Waals surface area contributed by atoms with Gasteiger partial charge in [-0.2, -0.15) is 10.1 Å². The Bertz CT molecular complexity index is 1310. The highest BCUT2D eigenvalue weighted by Crippen LogP contribution is 2.52. The number of benzene rings is 2. The van der Waals surface area contributed by atoms with Crippen LogP contribution >= 0.6 is 22.9 Å². The van der Waals surface area contributed by atoms with E-state index < -0.39 is 0 Å². The molecule has 31 heavy (non-hydrogen) atoms. The molecule has 2 aromatic carbocycles. The second kappa shape index (κ2) is 7.14. The van der Waals surface area contributed by atoms with Crippen molar-refractivity contribution in [3.8, 4) is 11.5 Å². The highest BCUT2D eigenvalue weighted by atomic mass is 35.5. The van der Waals surface area contributed by atoms with Crippen LogP contribution in [0.1, 0.15) is 28.1 Å². The maximum Gasteiger partial charge on any atom is 0.226 e. The first-order valence-corrected chi connectivity index (χ1v) is 11.0. The molecule has 2 aromatic heterocycles. The van der Waals surface area contributed by atoms with Crippen molar-refractivity contribution in [3.63, 3.8) is 0 Å². The molecule has 2 atom stereocenters. The average molecular weight is 449 g/mol. The van der Waals surface area contributed by atoms with Gasteiger partial charge in [0.15, 0.2) is 6.10 Å². The van der Waals surface area contributed by atoms with Gasteiger partial charge in [-0.3, -0.25) is 0 Å². The normalized spacial score (nSPS) is 19.0. The van der Waals surface area contributed by atoms with Crippen molar-refractivity contribution in [3.05, 3.63) is 92.9 Å². The number of methoxy groups -OCH3 is 1. The van der Waals surface area contributed by atoms with Crippen LogP contribution < -0.4 is 14.8 Å². The summed E-state index contributed by atoms with van der Waals surface area (Å²) < 4.78 is 14.2. The summed E-state index contributed by atoms with van der Waals surface area (Å²) in [6.07, 6.45) is 1.19. The number of para-hydroxylation sites is 1. The Morgan fingerprint density at radius 2 is 2.06 bits per heavy atom. The maximum absolute atomic E-state index is 6.61. The van der Waals surface area contributed by atoms with Crippen LogP contribution in [0, 0.1) is 0 Å². The summed E-state index contributed by atoms with van der Waals surface area (Å²) in [5.41, 5.74) is 3.84. The summed E-state index contributed by atoms with van der Waals surface area (Å²) >= 11 is 8.05. The van der Waals surface area contributed by atoms with Crippen LogP contribution in [0.5, 0.6) is 11.5 Å². The second-order valence-corrected chi connectivity index (χ2v) is 8.70. The molecule has 1 N–H and O–H groups in total. The molecule has 4 aromatic rings. The number of aromatic nitrogens is 3. The van der Waals surface area contributed by atoms with Gasteiger partial charge in [0, 0.05) is 26.6 Å². The molecule has 0 amide bonds. The van der Waals surface area contributed by atoms with E-state index in [0.29, 0.717) is 11.0 Å². The molecule has 0 spiro atoms. The van der Waals surface area contributed by atoms with Crippen LogP contribution in [0.25, 0.3) is 5.70 Å². The molecule has 154 valence electrons. The molecule has 0 aliphatic carbocycles. The van der Waals surface area contributed by atoms with Gasteiger partial charge >= 0.3 is 0 Å². The lowest BCUT2D eigenvalue weighted by Crippen LogP contribution is -2.32. The topological polar surface area (TPSA) is 61.2 Å². The zero-order valence-electron chi connectivity index (χ0n) is 16.4. The first-order valence-electron chi connectivity index (χ1n) is 9.78. The Hall–Kier alpha value is -3.29.